The minimum absolute atomic E-state index is 0.106. The number of methoxy groups -OCH3 is 1. The predicted molar refractivity (Wildman–Crippen MR) is 67.4 cm³/mol. The first kappa shape index (κ1) is 14.4. The molecule has 6 heteroatoms. The van der Waals surface area contributed by atoms with Gasteiger partial charge in [-0.05, 0) is 19.9 Å². The number of carbonyl (C=O) groups is 2. The Hall–Kier alpha value is -1.62. The van der Waals surface area contributed by atoms with Gasteiger partial charge in [0.15, 0.2) is 0 Å². The monoisotopic (exact) mass is 270 g/mol. The SMILES string of the molecule is COC(=O)CN(C(=O)c1ccncc1Cl)C(C)C. The van der Waals surface area contributed by atoms with Crippen molar-refractivity contribution in [3.63, 3.8) is 0 Å². The van der Waals surface area contributed by atoms with Crippen molar-refractivity contribution in [1.82, 2.24) is 9.88 Å². The Bertz CT molecular complexity index is 449. The highest BCUT2D eigenvalue weighted by Crippen LogP contribution is 2.17. The third-order valence-electron chi connectivity index (χ3n) is 2.41. The standard InChI is InChI=1S/C12H15ClN2O3/c1-8(2)15(7-11(16)18-3)12(17)9-4-5-14-6-10(9)13/h4-6,8H,7H2,1-3H3. The van der Waals surface area contributed by atoms with Crippen LogP contribution < -0.4 is 0 Å². The molecule has 0 spiro atoms. The van der Waals surface area contributed by atoms with E-state index in [4.69, 9.17) is 11.6 Å². The van der Waals surface area contributed by atoms with Crippen LogP contribution in [0.3, 0.4) is 0 Å². The molecule has 0 aromatic carbocycles. The largest absolute Gasteiger partial charge is 0.468 e. The zero-order valence-corrected chi connectivity index (χ0v) is 11.3. The summed E-state index contributed by atoms with van der Waals surface area (Å²) in [4.78, 5) is 28.8. The van der Waals surface area contributed by atoms with E-state index in [2.05, 4.69) is 9.72 Å². The molecular weight excluding hydrogens is 256 g/mol. The van der Waals surface area contributed by atoms with Gasteiger partial charge in [0.2, 0.25) is 0 Å². The molecule has 98 valence electrons. The molecule has 0 unspecified atom stereocenters. The maximum Gasteiger partial charge on any atom is 0.325 e. The molecule has 1 aromatic rings. The number of amides is 1. The molecule has 0 aliphatic rings. The highest BCUT2D eigenvalue weighted by molar-refractivity contribution is 6.33. The molecule has 1 rings (SSSR count). The second kappa shape index (κ2) is 6.35. The maximum atomic E-state index is 12.3. The number of hydrogen-bond acceptors (Lipinski definition) is 4. The third-order valence-corrected chi connectivity index (χ3v) is 2.72. The number of carbonyl (C=O) groups excluding carboxylic acids is 2. The van der Waals surface area contributed by atoms with Gasteiger partial charge in [-0.1, -0.05) is 11.6 Å². The number of ether oxygens (including phenoxy) is 1. The third kappa shape index (κ3) is 3.43. The lowest BCUT2D eigenvalue weighted by Crippen LogP contribution is -2.41. The average molecular weight is 271 g/mol. The quantitative estimate of drug-likeness (QED) is 0.782. The minimum Gasteiger partial charge on any atom is -0.468 e. The predicted octanol–water partition coefficient (Wildman–Crippen LogP) is 1.76. The number of nitrogens with zero attached hydrogens (tertiary/aromatic N) is 2. The second-order valence-electron chi connectivity index (χ2n) is 3.96. The Morgan fingerprint density at radius 3 is 2.67 bits per heavy atom. The molecule has 1 heterocycles. The lowest BCUT2D eigenvalue weighted by molar-refractivity contribution is -0.141. The normalized spacial score (nSPS) is 10.3. The first-order valence-corrected chi connectivity index (χ1v) is 5.82. The van der Waals surface area contributed by atoms with Crippen LogP contribution in [0.1, 0.15) is 24.2 Å². The molecule has 18 heavy (non-hydrogen) atoms. The van der Waals surface area contributed by atoms with Crippen molar-refractivity contribution in [3.05, 3.63) is 29.0 Å². The number of hydrogen-bond donors (Lipinski definition) is 0. The molecule has 1 aromatic heterocycles. The first-order valence-electron chi connectivity index (χ1n) is 5.44. The number of halogens is 1. The summed E-state index contributed by atoms with van der Waals surface area (Å²) in [6.07, 6.45) is 2.88. The van der Waals surface area contributed by atoms with Crippen LogP contribution in [0.5, 0.6) is 0 Å². The van der Waals surface area contributed by atoms with Gasteiger partial charge >= 0.3 is 5.97 Å². The van der Waals surface area contributed by atoms with E-state index in [0.717, 1.165) is 0 Å². The maximum absolute atomic E-state index is 12.3. The van der Waals surface area contributed by atoms with Crippen molar-refractivity contribution in [2.75, 3.05) is 13.7 Å². The Balaban J connectivity index is 2.97. The fraction of sp³-hybridized carbons (Fsp3) is 0.417. The summed E-state index contributed by atoms with van der Waals surface area (Å²) in [6, 6.07) is 1.39. The summed E-state index contributed by atoms with van der Waals surface area (Å²) in [5.41, 5.74) is 0.323. The zero-order chi connectivity index (χ0) is 13.7. The Labute approximate surface area is 111 Å². The lowest BCUT2D eigenvalue weighted by Gasteiger charge is -2.25. The first-order chi connectivity index (χ1) is 8.47. The molecule has 0 radical (unpaired) electrons. The van der Waals surface area contributed by atoms with Crippen LogP contribution in [-0.4, -0.2) is 41.5 Å². The van der Waals surface area contributed by atoms with Crippen molar-refractivity contribution >= 4 is 23.5 Å². The van der Waals surface area contributed by atoms with Crippen LogP contribution in [0.15, 0.2) is 18.5 Å². The molecule has 0 N–H and O–H groups in total. The Morgan fingerprint density at radius 2 is 2.17 bits per heavy atom. The average Bonchev–Trinajstić information content (AvgIpc) is 2.35. The van der Waals surface area contributed by atoms with Crippen LogP contribution in [-0.2, 0) is 9.53 Å². The zero-order valence-electron chi connectivity index (χ0n) is 10.5. The van der Waals surface area contributed by atoms with E-state index in [0.29, 0.717) is 5.56 Å². The van der Waals surface area contributed by atoms with E-state index in [1.165, 1.54) is 30.5 Å². The number of esters is 1. The molecule has 0 aliphatic heterocycles. The minimum atomic E-state index is -0.470. The molecule has 0 fully saturated rings. The lowest BCUT2D eigenvalue weighted by atomic mass is 10.2. The Kier molecular flexibility index (Phi) is 5.09. The molecular formula is C12H15ClN2O3. The van der Waals surface area contributed by atoms with Gasteiger partial charge in [0, 0.05) is 18.4 Å². The van der Waals surface area contributed by atoms with E-state index in [9.17, 15) is 9.59 Å². The molecule has 0 bridgehead atoms. The van der Waals surface area contributed by atoms with Crippen LogP contribution in [0.2, 0.25) is 5.02 Å². The van der Waals surface area contributed by atoms with Gasteiger partial charge in [0.1, 0.15) is 6.54 Å². The highest BCUT2D eigenvalue weighted by Gasteiger charge is 2.23. The van der Waals surface area contributed by atoms with E-state index >= 15 is 0 Å². The molecule has 0 atom stereocenters. The summed E-state index contributed by atoms with van der Waals surface area (Å²) in [5, 5.41) is 0.262. The van der Waals surface area contributed by atoms with Gasteiger partial charge in [-0.15, -0.1) is 0 Å². The van der Waals surface area contributed by atoms with Crippen LogP contribution in [0.4, 0.5) is 0 Å². The molecule has 1 amide bonds. The molecule has 5 nitrogen and oxygen atoms in total. The van der Waals surface area contributed by atoms with Gasteiger partial charge in [-0.3, -0.25) is 14.6 Å². The van der Waals surface area contributed by atoms with Gasteiger partial charge in [-0.2, -0.15) is 0 Å². The summed E-state index contributed by atoms with van der Waals surface area (Å²) in [7, 11) is 1.28. The van der Waals surface area contributed by atoms with E-state index in [1.807, 2.05) is 13.8 Å². The topological polar surface area (TPSA) is 59.5 Å². The van der Waals surface area contributed by atoms with Gasteiger partial charge in [-0.25, -0.2) is 0 Å². The number of pyridine rings is 1. The second-order valence-corrected chi connectivity index (χ2v) is 4.37. The van der Waals surface area contributed by atoms with Crippen LogP contribution in [0.25, 0.3) is 0 Å². The summed E-state index contributed by atoms with van der Waals surface area (Å²) < 4.78 is 4.57. The Morgan fingerprint density at radius 1 is 1.50 bits per heavy atom. The molecule has 0 saturated carbocycles. The smallest absolute Gasteiger partial charge is 0.325 e. The van der Waals surface area contributed by atoms with Crippen molar-refractivity contribution in [2.24, 2.45) is 0 Å². The summed E-state index contributed by atoms with van der Waals surface area (Å²) in [6.45, 7) is 3.53. The van der Waals surface area contributed by atoms with Crippen molar-refractivity contribution in [3.8, 4) is 0 Å². The van der Waals surface area contributed by atoms with Crippen molar-refractivity contribution in [1.29, 1.82) is 0 Å². The van der Waals surface area contributed by atoms with E-state index in [1.54, 1.807) is 0 Å². The van der Waals surface area contributed by atoms with Gasteiger partial charge in [0.25, 0.3) is 5.91 Å². The van der Waals surface area contributed by atoms with Gasteiger partial charge in [0.05, 0.1) is 17.7 Å². The summed E-state index contributed by atoms with van der Waals surface area (Å²) >= 11 is 5.91. The highest BCUT2D eigenvalue weighted by atomic mass is 35.5. The van der Waals surface area contributed by atoms with Crippen molar-refractivity contribution < 1.29 is 14.3 Å². The number of rotatable bonds is 4. The number of aromatic nitrogens is 1. The van der Waals surface area contributed by atoms with Crippen molar-refractivity contribution in [2.45, 2.75) is 19.9 Å². The van der Waals surface area contributed by atoms with E-state index < -0.39 is 5.97 Å². The van der Waals surface area contributed by atoms with Crippen LogP contribution in [0, 0.1) is 0 Å². The summed E-state index contributed by atoms with van der Waals surface area (Å²) in [5.74, 6) is -0.787. The fourth-order valence-electron chi connectivity index (χ4n) is 1.40. The van der Waals surface area contributed by atoms with E-state index in [-0.39, 0.29) is 23.5 Å². The fourth-order valence-corrected chi connectivity index (χ4v) is 1.60. The molecule has 0 saturated heterocycles. The van der Waals surface area contributed by atoms with Crippen LogP contribution >= 0.6 is 11.6 Å². The van der Waals surface area contributed by atoms with Gasteiger partial charge < -0.3 is 9.64 Å². The molecule has 0 aliphatic carbocycles.